The summed E-state index contributed by atoms with van der Waals surface area (Å²) in [6.07, 6.45) is 1.11. The third-order valence-corrected chi connectivity index (χ3v) is 3.31. The van der Waals surface area contributed by atoms with Crippen LogP contribution >= 0.6 is 11.5 Å². The van der Waals surface area contributed by atoms with Gasteiger partial charge < -0.3 is 10.2 Å². The average molecular weight is 262 g/mol. The average Bonchev–Trinajstić information content (AvgIpc) is 2.92. The van der Waals surface area contributed by atoms with Gasteiger partial charge in [0.25, 0.3) is 0 Å². The molecule has 18 heavy (non-hydrogen) atoms. The van der Waals surface area contributed by atoms with Crippen LogP contribution in [0.1, 0.15) is 12.1 Å². The lowest BCUT2D eigenvalue weighted by Gasteiger charge is -2.19. The van der Waals surface area contributed by atoms with Crippen LogP contribution in [0.25, 0.3) is 0 Å². The summed E-state index contributed by atoms with van der Waals surface area (Å²) < 4.78 is 3.83. The molecule has 1 heterocycles. The van der Waals surface area contributed by atoms with Crippen molar-refractivity contribution in [1.82, 2.24) is 14.9 Å². The molecule has 1 aromatic heterocycles. The van der Waals surface area contributed by atoms with Crippen molar-refractivity contribution in [1.29, 1.82) is 0 Å². The molecule has 0 radical (unpaired) electrons. The Labute approximate surface area is 112 Å². The minimum absolute atomic E-state index is 0.811. The van der Waals surface area contributed by atoms with Gasteiger partial charge in [0.2, 0.25) is 0 Å². The largest absolute Gasteiger partial charge is 0.375 e. The molecule has 0 aliphatic rings. The Balaban J connectivity index is 1.61. The number of para-hydroxylation sites is 1. The zero-order valence-corrected chi connectivity index (χ0v) is 11.4. The topological polar surface area (TPSA) is 41.0 Å². The van der Waals surface area contributed by atoms with Gasteiger partial charge in [-0.1, -0.05) is 22.7 Å². The maximum Gasteiger partial charge on any atom is 0.0893 e. The SMILES string of the molecule is CN(CCCNCc1csnn1)c1ccccc1. The molecule has 0 unspecified atom stereocenters. The molecule has 0 atom stereocenters. The molecule has 2 aromatic rings. The first-order valence-electron chi connectivity index (χ1n) is 6.09. The van der Waals surface area contributed by atoms with Crippen LogP contribution in [0.2, 0.25) is 0 Å². The third kappa shape index (κ3) is 4.09. The summed E-state index contributed by atoms with van der Waals surface area (Å²) in [7, 11) is 2.12. The van der Waals surface area contributed by atoms with E-state index in [0.717, 1.165) is 31.7 Å². The molecule has 0 amide bonds. The van der Waals surface area contributed by atoms with E-state index in [2.05, 4.69) is 51.1 Å². The molecule has 0 bridgehead atoms. The second kappa shape index (κ2) is 7.08. The van der Waals surface area contributed by atoms with Crippen molar-refractivity contribution in [3.8, 4) is 0 Å². The lowest BCUT2D eigenvalue weighted by atomic mass is 10.3. The Hall–Kier alpha value is -1.46. The van der Waals surface area contributed by atoms with Crippen molar-refractivity contribution >= 4 is 17.2 Å². The standard InChI is InChI=1S/C13H18N4S/c1-17(13-6-3-2-4-7-13)9-5-8-14-10-12-11-18-16-15-12/h2-4,6-7,11,14H,5,8-10H2,1H3. The van der Waals surface area contributed by atoms with Gasteiger partial charge in [-0.05, 0) is 36.6 Å². The molecule has 5 heteroatoms. The Bertz CT molecular complexity index is 430. The number of nitrogens with zero attached hydrogens (tertiary/aromatic N) is 3. The molecule has 1 aromatic carbocycles. The third-order valence-electron chi connectivity index (χ3n) is 2.76. The molecule has 96 valence electrons. The second-order valence-corrected chi connectivity index (χ2v) is 4.79. The number of aromatic nitrogens is 2. The molecule has 1 N–H and O–H groups in total. The first kappa shape index (κ1) is 13.0. The molecular weight excluding hydrogens is 244 g/mol. The van der Waals surface area contributed by atoms with Gasteiger partial charge in [-0.25, -0.2) is 0 Å². The van der Waals surface area contributed by atoms with Crippen molar-refractivity contribution < 1.29 is 0 Å². The number of hydrogen-bond acceptors (Lipinski definition) is 5. The lowest BCUT2D eigenvalue weighted by molar-refractivity contribution is 0.636. The Kier molecular flexibility index (Phi) is 5.11. The first-order chi connectivity index (χ1) is 8.86. The smallest absolute Gasteiger partial charge is 0.0893 e. The number of hydrogen-bond donors (Lipinski definition) is 1. The summed E-state index contributed by atoms with van der Waals surface area (Å²) >= 11 is 1.40. The van der Waals surface area contributed by atoms with Crippen molar-refractivity contribution in [2.24, 2.45) is 0 Å². The van der Waals surface area contributed by atoms with Gasteiger partial charge in [-0.3, -0.25) is 0 Å². The van der Waals surface area contributed by atoms with Gasteiger partial charge in [0.15, 0.2) is 0 Å². The molecular formula is C13H18N4S. The van der Waals surface area contributed by atoms with Gasteiger partial charge >= 0.3 is 0 Å². The Morgan fingerprint density at radius 3 is 2.83 bits per heavy atom. The zero-order chi connectivity index (χ0) is 12.6. The summed E-state index contributed by atoms with van der Waals surface area (Å²) in [6.45, 7) is 2.85. The highest BCUT2D eigenvalue weighted by molar-refractivity contribution is 7.03. The molecule has 0 fully saturated rings. The fourth-order valence-electron chi connectivity index (χ4n) is 1.73. The molecule has 0 saturated heterocycles. The first-order valence-corrected chi connectivity index (χ1v) is 6.93. The van der Waals surface area contributed by atoms with Crippen LogP contribution in [0.15, 0.2) is 35.7 Å². The highest BCUT2D eigenvalue weighted by atomic mass is 32.1. The predicted octanol–water partition coefficient (Wildman–Crippen LogP) is 2.15. The van der Waals surface area contributed by atoms with Crippen LogP contribution in [0, 0.1) is 0 Å². The van der Waals surface area contributed by atoms with Crippen molar-refractivity contribution in [3.05, 3.63) is 41.4 Å². The second-order valence-electron chi connectivity index (χ2n) is 4.18. The lowest BCUT2D eigenvalue weighted by Crippen LogP contribution is -2.23. The van der Waals surface area contributed by atoms with Crippen LogP contribution in [0.5, 0.6) is 0 Å². The highest BCUT2D eigenvalue weighted by Gasteiger charge is 1.99. The molecule has 0 spiro atoms. The van der Waals surface area contributed by atoms with Crippen LogP contribution in [-0.2, 0) is 6.54 Å². The van der Waals surface area contributed by atoms with E-state index in [4.69, 9.17) is 0 Å². The monoisotopic (exact) mass is 262 g/mol. The molecule has 4 nitrogen and oxygen atoms in total. The maximum atomic E-state index is 3.99. The fraction of sp³-hybridized carbons (Fsp3) is 0.385. The number of rotatable bonds is 7. The van der Waals surface area contributed by atoms with E-state index in [0.29, 0.717) is 0 Å². The maximum absolute atomic E-state index is 3.99. The summed E-state index contributed by atoms with van der Waals surface area (Å²) in [5.41, 5.74) is 2.29. The van der Waals surface area contributed by atoms with Crippen molar-refractivity contribution in [3.63, 3.8) is 0 Å². The van der Waals surface area contributed by atoms with E-state index < -0.39 is 0 Å². The highest BCUT2D eigenvalue weighted by Crippen LogP contribution is 2.10. The van der Waals surface area contributed by atoms with Gasteiger partial charge in [-0.15, -0.1) is 5.10 Å². The van der Waals surface area contributed by atoms with E-state index in [1.807, 2.05) is 11.4 Å². The summed E-state index contributed by atoms with van der Waals surface area (Å²) in [6, 6.07) is 10.4. The molecule has 0 aliphatic heterocycles. The van der Waals surface area contributed by atoms with Gasteiger partial charge in [0.1, 0.15) is 0 Å². The van der Waals surface area contributed by atoms with Crippen molar-refractivity contribution in [2.75, 3.05) is 25.0 Å². The quantitative estimate of drug-likeness (QED) is 0.776. The van der Waals surface area contributed by atoms with E-state index in [1.165, 1.54) is 17.2 Å². The van der Waals surface area contributed by atoms with E-state index >= 15 is 0 Å². The minimum Gasteiger partial charge on any atom is -0.375 e. The van der Waals surface area contributed by atoms with Gasteiger partial charge in [0.05, 0.1) is 5.69 Å². The Morgan fingerprint density at radius 2 is 2.11 bits per heavy atom. The summed E-state index contributed by atoms with van der Waals surface area (Å²) in [5.74, 6) is 0. The molecule has 2 rings (SSSR count). The normalized spacial score (nSPS) is 10.5. The fourth-order valence-corrected chi connectivity index (χ4v) is 2.18. The molecule has 0 aliphatic carbocycles. The summed E-state index contributed by atoms with van der Waals surface area (Å²) in [4.78, 5) is 2.27. The molecule has 0 saturated carbocycles. The zero-order valence-electron chi connectivity index (χ0n) is 10.5. The van der Waals surface area contributed by atoms with Crippen LogP contribution in [0.4, 0.5) is 5.69 Å². The van der Waals surface area contributed by atoms with E-state index in [-0.39, 0.29) is 0 Å². The van der Waals surface area contributed by atoms with Crippen LogP contribution in [-0.4, -0.2) is 29.7 Å². The van der Waals surface area contributed by atoms with E-state index in [9.17, 15) is 0 Å². The minimum atomic E-state index is 0.811. The van der Waals surface area contributed by atoms with Gasteiger partial charge in [0, 0.05) is 31.2 Å². The number of anilines is 1. The Morgan fingerprint density at radius 1 is 1.28 bits per heavy atom. The van der Waals surface area contributed by atoms with E-state index in [1.54, 1.807) is 0 Å². The number of nitrogens with one attached hydrogen (secondary N) is 1. The van der Waals surface area contributed by atoms with Crippen LogP contribution in [0.3, 0.4) is 0 Å². The predicted molar refractivity (Wildman–Crippen MR) is 75.9 cm³/mol. The van der Waals surface area contributed by atoms with Crippen LogP contribution < -0.4 is 10.2 Å². The van der Waals surface area contributed by atoms with Crippen molar-refractivity contribution in [2.45, 2.75) is 13.0 Å². The van der Waals surface area contributed by atoms with Gasteiger partial charge in [-0.2, -0.15) is 0 Å². The summed E-state index contributed by atoms with van der Waals surface area (Å²) in [5, 5.41) is 9.34. The number of benzene rings is 1.